The van der Waals surface area contributed by atoms with E-state index in [1.54, 1.807) is 29.2 Å². The average Bonchev–Trinajstić information content (AvgIpc) is 3.32. The summed E-state index contributed by atoms with van der Waals surface area (Å²) in [6.45, 7) is 0.640. The van der Waals surface area contributed by atoms with Gasteiger partial charge in [0.25, 0.3) is 5.91 Å². The summed E-state index contributed by atoms with van der Waals surface area (Å²) in [6.07, 6.45) is 8.51. The Kier molecular flexibility index (Phi) is 8.15. The van der Waals surface area contributed by atoms with Gasteiger partial charge in [-0.2, -0.15) is 5.26 Å². The van der Waals surface area contributed by atoms with Crippen LogP contribution in [0.3, 0.4) is 0 Å². The lowest BCUT2D eigenvalue weighted by atomic mass is 9.81. The van der Waals surface area contributed by atoms with Crippen LogP contribution in [0, 0.1) is 29.1 Å². The van der Waals surface area contributed by atoms with Gasteiger partial charge in [-0.05, 0) is 86.9 Å². The molecule has 2 fully saturated rings. The maximum Gasteiger partial charge on any atom is 0.257 e. The summed E-state index contributed by atoms with van der Waals surface area (Å²) < 4.78 is 2.03. The number of nitriles is 1. The summed E-state index contributed by atoms with van der Waals surface area (Å²) in [6, 6.07) is 14.3. The van der Waals surface area contributed by atoms with E-state index in [4.69, 9.17) is 16.0 Å². The second-order valence-corrected chi connectivity index (χ2v) is 11.2. The van der Waals surface area contributed by atoms with Gasteiger partial charge in [0.2, 0.25) is 17.8 Å². The molecule has 2 aliphatic rings. The van der Waals surface area contributed by atoms with Crippen LogP contribution < -0.4 is 16.0 Å². The van der Waals surface area contributed by atoms with Gasteiger partial charge in [0.05, 0.1) is 22.7 Å². The zero-order valence-electron chi connectivity index (χ0n) is 22.9. The Morgan fingerprint density at radius 3 is 2.35 bits per heavy atom. The molecule has 2 saturated carbocycles. The number of fused-ring (bicyclic) bond motifs is 1. The SMILES string of the molecule is CN(C(=O)C1CCCCC1)c1ccc2c(c1)nc(NC(=O)c1ccc(C#N)cc1)n2CC1CCC(C(N)=O)CC1. The summed E-state index contributed by atoms with van der Waals surface area (Å²) >= 11 is 0. The van der Waals surface area contributed by atoms with Crippen LogP contribution in [0.2, 0.25) is 0 Å². The van der Waals surface area contributed by atoms with E-state index in [0.29, 0.717) is 35.1 Å². The highest BCUT2D eigenvalue weighted by atomic mass is 16.2. The van der Waals surface area contributed by atoms with E-state index in [9.17, 15) is 14.4 Å². The molecule has 3 amide bonds. The lowest BCUT2D eigenvalue weighted by molar-refractivity contribution is -0.123. The minimum atomic E-state index is -0.316. The van der Waals surface area contributed by atoms with E-state index in [0.717, 1.165) is 62.6 Å². The molecule has 3 N–H and O–H groups in total. The van der Waals surface area contributed by atoms with E-state index < -0.39 is 0 Å². The molecule has 9 heteroatoms. The molecule has 0 spiro atoms. The Labute approximate surface area is 234 Å². The van der Waals surface area contributed by atoms with Crippen molar-refractivity contribution in [2.45, 2.75) is 64.3 Å². The largest absolute Gasteiger partial charge is 0.369 e. The van der Waals surface area contributed by atoms with Crippen molar-refractivity contribution < 1.29 is 14.4 Å². The van der Waals surface area contributed by atoms with E-state index in [-0.39, 0.29) is 29.6 Å². The van der Waals surface area contributed by atoms with Gasteiger partial charge < -0.3 is 15.2 Å². The van der Waals surface area contributed by atoms with Crippen LogP contribution in [0.1, 0.15) is 73.7 Å². The fraction of sp³-hybridized carbons (Fsp3) is 0.452. The molecule has 1 heterocycles. The predicted octanol–water partition coefficient (Wildman–Crippen LogP) is 5.00. The summed E-state index contributed by atoms with van der Waals surface area (Å²) in [5.41, 5.74) is 8.79. The monoisotopic (exact) mass is 540 g/mol. The van der Waals surface area contributed by atoms with Gasteiger partial charge in [0.15, 0.2) is 0 Å². The van der Waals surface area contributed by atoms with Crippen molar-refractivity contribution in [1.82, 2.24) is 9.55 Å². The number of imidazole rings is 1. The number of carbonyl (C=O) groups is 3. The van der Waals surface area contributed by atoms with Crippen molar-refractivity contribution in [1.29, 1.82) is 5.26 Å². The Morgan fingerprint density at radius 2 is 1.70 bits per heavy atom. The molecular weight excluding hydrogens is 504 g/mol. The highest BCUT2D eigenvalue weighted by Crippen LogP contribution is 2.33. The van der Waals surface area contributed by atoms with Crippen molar-refractivity contribution in [2.24, 2.45) is 23.5 Å². The van der Waals surface area contributed by atoms with Crippen LogP contribution in [0.5, 0.6) is 0 Å². The number of primary amides is 1. The van der Waals surface area contributed by atoms with Crippen molar-refractivity contribution in [3.8, 4) is 6.07 Å². The number of hydrogen-bond acceptors (Lipinski definition) is 5. The maximum atomic E-state index is 13.2. The van der Waals surface area contributed by atoms with Crippen molar-refractivity contribution in [3.05, 3.63) is 53.6 Å². The topological polar surface area (TPSA) is 134 Å². The van der Waals surface area contributed by atoms with E-state index in [1.165, 1.54) is 6.42 Å². The van der Waals surface area contributed by atoms with Crippen LogP contribution >= 0.6 is 0 Å². The number of aromatic nitrogens is 2. The number of amides is 3. The Bertz CT molecular complexity index is 1440. The molecular formula is C31H36N6O3. The molecule has 5 rings (SSSR count). The number of nitrogens with one attached hydrogen (secondary N) is 1. The first-order valence-electron chi connectivity index (χ1n) is 14.2. The van der Waals surface area contributed by atoms with Crippen LogP contribution in [-0.4, -0.2) is 34.3 Å². The number of nitrogens with zero attached hydrogens (tertiary/aromatic N) is 4. The first-order valence-corrected chi connectivity index (χ1v) is 14.2. The van der Waals surface area contributed by atoms with E-state index >= 15 is 0 Å². The van der Waals surface area contributed by atoms with Crippen LogP contribution in [0.25, 0.3) is 11.0 Å². The first kappa shape index (κ1) is 27.4. The molecule has 0 saturated heterocycles. The third-order valence-corrected chi connectivity index (χ3v) is 8.60. The van der Waals surface area contributed by atoms with Crippen LogP contribution in [0.4, 0.5) is 11.6 Å². The fourth-order valence-electron chi connectivity index (χ4n) is 6.12. The first-order chi connectivity index (χ1) is 19.3. The third kappa shape index (κ3) is 5.86. The van der Waals surface area contributed by atoms with Gasteiger partial charge in [-0.15, -0.1) is 0 Å². The van der Waals surface area contributed by atoms with Crippen molar-refractivity contribution in [2.75, 3.05) is 17.3 Å². The quantitative estimate of drug-likeness (QED) is 0.435. The second kappa shape index (κ2) is 11.9. The summed E-state index contributed by atoms with van der Waals surface area (Å²) in [5, 5.41) is 12.0. The molecule has 0 radical (unpaired) electrons. The molecule has 208 valence electrons. The number of carbonyl (C=O) groups excluding carboxylic acids is 3. The third-order valence-electron chi connectivity index (χ3n) is 8.60. The van der Waals surface area contributed by atoms with Crippen LogP contribution in [-0.2, 0) is 16.1 Å². The van der Waals surface area contributed by atoms with Gasteiger partial charge >= 0.3 is 0 Å². The smallest absolute Gasteiger partial charge is 0.257 e. The summed E-state index contributed by atoms with van der Waals surface area (Å²) in [4.78, 5) is 44.5. The van der Waals surface area contributed by atoms with Gasteiger partial charge in [0, 0.05) is 36.7 Å². The van der Waals surface area contributed by atoms with Gasteiger partial charge in [-0.25, -0.2) is 4.98 Å². The molecule has 2 aliphatic carbocycles. The number of rotatable bonds is 7. The van der Waals surface area contributed by atoms with Crippen molar-refractivity contribution >= 4 is 40.4 Å². The zero-order valence-corrected chi connectivity index (χ0v) is 22.9. The van der Waals surface area contributed by atoms with Gasteiger partial charge in [-0.1, -0.05) is 19.3 Å². The molecule has 40 heavy (non-hydrogen) atoms. The predicted molar refractivity (Wildman–Crippen MR) is 153 cm³/mol. The molecule has 0 bridgehead atoms. The molecule has 0 unspecified atom stereocenters. The molecule has 0 atom stereocenters. The number of anilines is 2. The summed E-state index contributed by atoms with van der Waals surface area (Å²) in [7, 11) is 1.82. The molecule has 1 aromatic heterocycles. The number of benzene rings is 2. The Hall–Kier alpha value is -4.19. The van der Waals surface area contributed by atoms with Gasteiger partial charge in [-0.3, -0.25) is 19.7 Å². The number of hydrogen-bond donors (Lipinski definition) is 2. The Morgan fingerprint density at radius 1 is 1.00 bits per heavy atom. The standard InChI is InChI=1S/C31H36N6O3/c1-36(30(40)24-5-3-2-4-6-24)25-15-16-27-26(17-25)34-31(35-29(39)23-13-7-20(18-32)8-14-23)37(27)19-21-9-11-22(12-10-21)28(33)38/h7-8,13-17,21-22,24H,2-6,9-12,19H2,1H3,(H2,33,38)(H,34,35,39). The molecule has 9 nitrogen and oxygen atoms in total. The molecule has 2 aromatic carbocycles. The number of nitrogens with two attached hydrogens (primary N) is 1. The van der Waals surface area contributed by atoms with E-state index in [1.807, 2.05) is 29.8 Å². The maximum absolute atomic E-state index is 13.2. The minimum Gasteiger partial charge on any atom is -0.369 e. The average molecular weight is 541 g/mol. The lowest BCUT2D eigenvalue weighted by Crippen LogP contribution is -2.33. The van der Waals surface area contributed by atoms with Crippen molar-refractivity contribution in [3.63, 3.8) is 0 Å². The van der Waals surface area contributed by atoms with Gasteiger partial charge in [0.1, 0.15) is 0 Å². The second-order valence-electron chi connectivity index (χ2n) is 11.2. The lowest BCUT2D eigenvalue weighted by Gasteiger charge is -2.27. The summed E-state index contributed by atoms with van der Waals surface area (Å²) in [5.74, 6) is 0.313. The molecule has 3 aromatic rings. The minimum absolute atomic E-state index is 0.0600. The zero-order chi connectivity index (χ0) is 28.2. The molecule has 0 aliphatic heterocycles. The normalized spacial score (nSPS) is 19.6. The van der Waals surface area contributed by atoms with Crippen LogP contribution in [0.15, 0.2) is 42.5 Å². The highest BCUT2D eigenvalue weighted by Gasteiger charge is 2.28. The Balaban J connectivity index is 1.43. The fourth-order valence-corrected chi connectivity index (χ4v) is 6.12. The highest BCUT2D eigenvalue weighted by molar-refractivity contribution is 6.04. The van der Waals surface area contributed by atoms with E-state index in [2.05, 4.69) is 11.4 Å².